The second kappa shape index (κ2) is 9.01. The van der Waals surface area contributed by atoms with Gasteiger partial charge in [0.15, 0.2) is 0 Å². The third-order valence-corrected chi connectivity index (χ3v) is 7.25. The number of nitrogens with one attached hydrogen (secondary N) is 1. The smallest absolute Gasteiger partial charge is 0.225 e. The van der Waals surface area contributed by atoms with Crippen LogP contribution in [-0.4, -0.2) is 61.1 Å². The fourth-order valence-electron chi connectivity index (χ4n) is 4.91. The van der Waals surface area contributed by atoms with Crippen LogP contribution in [0.1, 0.15) is 6.92 Å². The highest BCUT2D eigenvalue weighted by molar-refractivity contribution is 6.30. The zero-order chi connectivity index (χ0) is 25.7. The first-order valence-corrected chi connectivity index (χ1v) is 12.4. The van der Waals surface area contributed by atoms with Gasteiger partial charge in [-0.25, -0.2) is 9.97 Å². The van der Waals surface area contributed by atoms with E-state index in [1.54, 1.807) is 25.5 Å². The molecule has 1 amide bonds. The molecule has 1 saturated heterocycles. The van der Waals surface area contributed by atoms with Crippen molar-refractivity contribution in [3.05, 3.63) is 71.7 Å². The van der Waals surface area contributed by atoms with Gasteiger partial charge in [0, 0.05) is 50.6 Å². The number of aromatic nitrogens is 5. The molecule has 0 bridgehead atoms. The van der Waals surface area contributed by atoms with E-state index in [0.29, 0.717) is 48.5 Å². The molecular weight excluding hydrogens is 488 g/mol. The summed E-state index contributed by atoms with van der Waals surface area (Å²) in [4.78, 5) is 29.5. The Hall–Kier alpha value is -4.24. The van der Waals surface area contributed by atoms with E-state index in [1.165, 1.54) is 0 Å². The van der Waals surface area contributed by atoms with E-state index < -0.39 is 0 Å². The molecule has 1 fully saturated rings. The lowest BCUT2D eigenvalue weighted by Crippen LogP contribution is -2.48. The van der Waals surface area contributed by atoms with Crippen LogP contribution >= 0.6 is 11.6 Å². The van der Waals surface area contributed by atoms with Crippen LogP contribution in [0.15, 0.2) is 61.1 Å². The van der Waals surface area contributed by atoms with Crippen molar-refractivity contribution in [1.29, 1.82) is 5.41 Å². The Morgan fingerprint density at radius 1 is 0.919 bits per heavy atom. The number of halogens is 1. The minimum Gasteiger partial charge on any atom is -0.339 e. The molecule has 0 saturated carbocycles. The van der Waals surface area contributed by atoms with Crippen LogP contribution in [0.25, 0.3) is 38.8 Å². The number of hydrogen-bond donors (Lipinski definition) is 1. The Balaban J connectivity index is 1.44. The van der Waals surface area contributed by atoms with Crippen LogP contribution in [0.4, 0.5) is 5.95 Å². The summed E-state index contributed by atoms with van der Waals surface area (Å²) in [6.45, 7) is 4.29. The van der Waals surface area contributed by atoms with Gasteiger partial charge in [0.2, 0.25) is 17.5 Å². The number of piperazine rings is 1. The first-order valence-electron chi connectivity index (χ1n) is 12.0. The number of carbonyl (C=O) groups is 1. The molecule has 0 unspecified atom stereocenters. The van der Waals surface area contributed by atoms with Crippen LogP contribution in [0.2, 0.25) is 5.02 Å². The maximum absolute atomic E-state index is 11.6. The lowest BCUT2D eigenvalue weighted by atomic mass is 10.0. The molecule has 0 atom stereocenters. The Labute approximate surface area is 218 Å². The number of fused-ring (bicyclic) bond motifs is 3. The van der Waals surface area contributed by atoms with Crippen molar-refractivity contribution in [2.45, 2.75) is 6.92 Å². The molecule has 1 aliphatic heterocycles. The molecule has 3 aromatic heterocycles. The van der Waals surface area contributed by atoms with Crippen LogP contribution in [0, 0.1) is 5.41 Å². The quantitative estimate of drug-likeness (QED) is 0.397. The standard InChI is InChI=1S/C27H25ClN8O/c1-17(37)34-9-11-35(12-10-34)27-31-14-21(15-32-27)36-25-22-13-19(18-3-6-20(28)7-4-18)5-8-23(22)30-16-24(25)33(2)26(36)29/h3-8,13-16,29H,9-12H2,1-2H3. The summed E-state index contributed by atoms with van der Waals surface area (Å²) in [5.74, 6) is 0.711. The Morgan fingerprint density at radius 3 is 2.27 bits per heavy atom. The van der Waals surface area contributed by atoms with E-state index in [-0.39, 0.29) is 5.91 Å². The van der Waals surface area contributed by atoms with Crippen molar-refractivity contribution in [3.63, 3.8) is 0 Å². The van der Waals surface area contributed by atoms with E-state index in [0.717, 1.165) is 33.1 Å². The van der Waals surface area contributed by atoms with Gasteiger partial charge >= 0.3 is 0 Å². The maximum atomic E-state index is 11.6. The molecule has 1 aliphatic rings. The number of carbonyl (C=O) groups excluding carboxylic acids is 1. The molecule has 6 rings (SSSR count). The average molecular weight is 513 g/mol. The van der Waals surface area contributed by atoms with Crippen LogP contribution < -0.4 is 10.5 Å². The molecule has 0 spiro atoms. The van der Waals surface area contributed by atoms with E-state index in [9.17, 15) is 4.79 Å². The van der Waals surface area contributed by atoms with E-state index in [4.69, 9.17) is 17.0 Å². The molecule has 5 aromatic rings. The first-order chi connectivity index (χ1) is 17.9. The Bertz CT molecular complexity index is 1700. The monoisotopic (exact) mass is 512 g/mol. The minimum absolute atomic E-state index is 0.0900. The molecule has 1 N–H and O–H groups in total. The number of hydrogen-bond acceptors (Lipinski definition) is 6. The minimum atomic E-state index is 0.0900. The summed E-state index contributed by atoms with van der Waals surface area (Å²) in [6.07, 6.45) is 5.32. The molecule has 0 aliphatic carbocycles. The van der Waals surface area contributed by atoms with Gasteiger partial charge in [-0.05, 0) is 35.4 Å². The Morgan fingerprint density at radius 2 is 1.59 bits per heavy atom. The normalized spacial score (nSPS) is 14.0. The lowest BCUT2D eigenvalue weighted by molar-refractivity contribution is -0.129. The molecular formula is C27H25ClN8O. The van der Waals surface area contributed by atoms with Crippen molar-refractivity contribution < 1.29 is 4.79 Å². The van der Waals surface area contributed by atoms with Gasteiger partial charge in [0.05, 0.1) is 40.8 Å². The number of amides is 1. The largest absolute Gasteiger partial charge is 0.339 e. The predicted octanol–water partition coefficient (Wildman–Crippen LogP) is 3.78. The van der Waals surface area contributed by atoms with Gasteiger partial charge in [0.1, 0.15) is 0 Å². The summed E-state index contributed by atoms with van der Waals surface area (Å²) in [5, 5.41) is 10.5. The average Bonchev–Trinajstić information content (AvgIpc) is 3.19. The number of nitrogens with zero attached hydrogens (tertiary/aromatic N) is 7. The second-order valence-corrected chi connectivity index (χ2v) is 9.62. The van der Waals surface area contributed by atoms with Gasteiger partial charge in [-0.15, -0.1) is 0 Å². The van der Waals surface area contributed by atoms with Crippen molar-refractivity contribution in [3.8, 4) is 16.8 Å². The van der Waals surface area contributed by atoms with Gasteiger partial charge in [-0.2, -0.15) is 0 Å². The highest BCUT2D eigenvalue weighted by atomic mass is 35.5. The number of pyridine rings is 1. The highest BCUT2D eigenvalue weighted by Crippen LogP contribution is 2.30. The lowest BCUT2D eigenvalue weighted by Gasteiger charge is -2.34. The molecule has 2 aromatic carbocycles. The number of anilines is 1. The molecule has 0 radical (unpaired) electrons. The summed E-state index contributed by atoms with van der Waals surface area (Å²) < 4.78 is 3.67. The van der Waals surface area contributed by atoms with E-state index in [1.807, 2.05) is 57.5 Å². The summed E-state index contributed by atoms with van der Waals surface area (Å²) in [6, 6.07) is 13.9. The van der Waals surface area contributed by atoms with Crippen LogP contribution in [-0.2, 0) is 11.8 Å². The SMILES string of the molecule is CC(=O)N1CCN(c2ncc(-n3c(=N)n(C)c4cnc5ccc(-c6ccc(Cl)cc6)cc5c43)cn2)CC1. The number of rotatable bonds is 3. The molecule has 9 nitrogen and oxygen atoms in total. The van der Waals surface area contributed by atoms with Crippen molar-refractivity contribution in [2.75, 3.05) is 31.1 Å². The first kappa shape index (κ1) is 23.2. The fourth-order valence-corrected chi connectivity index (χ4v) is 5.03. The highest BCUT2D eigenvalue weighted by Gasteiger charge is 2.21. The third-order valence-electron chi connectivity index (χ3n) is 7.00. The van der Waals surface area contributed by atoms with Gasteiger partial charge in [-0.1, -0.05) is 29.8 Å². The van der Waals surface area contributed by atoms with Crippen molar-refractivity contribution in [2.24, 2.45) is 7.05 Å². The van der Waals surface area contributed by atoms with E-state index >= 15 is 0 Å². The summed E-state index contributed by atoms with van der Waals surface area (Å²) >= 11 is 6.09. The van der Waals surface area contributed by atoms with Crippen LogP contribution in [0.3, 0.4) is 0 Å². The van der Waals surface area contributed by atoms with Crippen LogP contribution in [0.5, 0.6) is 0 Å². The van der Waals surface area contributed by atoms with Crippen molar-refractivity contribution >= 4 is 45.4 Å². The molecule has 37 heavy (non-hydrogen) atoms. The maximum Gasteiger partial charge on any atom is 0.225 e. The topological polar surface area (TPSA) is 95.9 Å². The van der Waals surface area contributed by atoms with Crippen molar-refractivity contribution in [1.82, 2.24) is 29.0 Å². The molecule has 186 valence electrons. The number of benzene rings is 2. The Kier molecular flexibility index (Phi) is 5.64. The predicted molar refractivity (Wildman–Crippen MR) is 144 cm³/mol. The second-order valence-electron chi connectivity index (χ2n) is 9.18. The van der Waals surface area contributed by atoms with Gasteiger partial charge < -0.3 is 14.4 Å². The zero-order valence-electron chi connectivity index (χ0n) is 20.5. The van der Waals surface area contributed by atoms with E-state index in [2.05, 4.69) is 25.9 Å². The summed E-state index contributed by atoms with van der Waals surface area (Å²) in [7, 11) is 1.86. The zero-order valence-corrected chi connectivity index (χ0v) is 21.3. The number of imidazole rings is 1. The molecule has 10 heteroatoms. The molecule has 4 heterocycles. The van der Waals surface area contributed by atoms with Gasteiger partial charge in [-0.3, -0.25) is 19.8 Å². The summed E-state index contributed by atoms with van der Waals surface area (Å²) in [5.41, 5.74) is 5.64. The third kappa shape index (κ3) is 4.01. The number of aryl methyl sites for hydroxylation is 1. The fraction of sp³-hybridized carbons (Fsp3) is 0.222. The van der Waals surface area contributed by atoms with Gasteiger partial charge in [0.25, 0.3) is 0 Å².